The minimum absolute atomic E-state index is 0.0288. The number of nitrogens with zero attached hydrogens (tertiary/aromatic N) is 5. The lowest BCUT2D eigenvalue weighted by molar-refractivity contribution is 1.19. The Bertz CT molecular complexity index is 3260. The zero-order chi connectivity index (χ0) is 47.3. The van der Waals surface area contributed by atoms with Gasteiger partial charge in [-0.2, -0.15) is 0 Å². The molecule has 68 heavy (non-hydrogen) atoms. The van der Waals surface area contributed by atoms with Crippen LogP contribution in [0.5, 0.6) is 0 Å². The molecule has 0 bridgehead atoms. The van der Waals surface area contributed by atoms with E-state index in [1.807, 2.05) is 36.9 Å². The quantitative estimate of drug-likeness (QED) is 0.156. The Labute approximate surface area is 402 Å². The van der Waals surface area contributed by atoms with Crippen molar-refractivity contribution in [1.29, 1.82) is 0 Å². The van der Waals surface area contributed by atoms with Crippen molar-refractivity contribution < 1.29 is 0 Å². The second kappa shape index (κ2) is 16.4. The lowest BCUT2D eigenvalue weighted by atomic mass is 9.29. The van der Waals surface area contributed by atoms with Gasteiger partial charge in [0.15, 0.2) is 0 Å². The third-order valence-electron chi connectivity index (χ3n) is 16.0. The topological polar surface area (TPSA) is 54.8 Å². The summed E-state index contributed by atoms with van der Waals surface area (Å²) in [5, 5.41) is 0. The van der Waals surface area contributed by atoms with Crippen LogP contribution in [0.2, 0.25) is 0 Å². The number of hydrogen-bond donors (Lipinski definition) is 0. The number of rotatable bonds is 6. The molecule has 0 saturated heterocycles. The summed E-state index contributed by atoms with van der Waals surface area (Å²) >= 11 is 0. The van der Waals surface area contributed by atoms with E-state index < -0.39 is 0 Å². The number of anilines is 3. The van der Waals surface area contributed by atoms with Crippen LogP contribution in [-0.2, 0) is 0 Å². The van der Waals surface area contributed by atoms with Gasteiger partial charge in [0.2, 0.25) is 13.4 Å². The summed E-state index contributed by atoms with van der Waals surface area (Å²) in [4.78, 5) is 22.0. The molecule has 0 N–H and O–H groups in total. The summed E-state index contributed by atoms with van der Waals surface area (Å²) in [5.41, 5.74) is 34.5. The summed E-state index contributed by atoms with van der Waals surface area (Å²) in [5.74, 6) is 0. The SMILES string of the molecule is Cc1cc2c3c(c1)B(c1c(C)c(C)c(C)c(C)c1C)c1cc(-c4cccc(-c5cccnc5)n4)ccc1N3c1ccc(-c3cccc(-c4cccnc4)n3)cc1B2c1c(C)c(C)c(C)c(C)c1C. The lowest BCUT2D eigenvalue weighted by Crippen LogP contribution is -2.66. The van der Waals surface area contributed by atoms with Gasteiger partial charge in [-0.1, -0.05) is 87.3 Å². The zero-order valence-electron chi connectivity index (χ0n) is 41.1. The molecule has 2 aliphatic rings. The molecule has 5 nitrogen and oxygen atoms in total. The summed E-state index contributed by atoms with van der Waals surface area (Å²) in [6, 6.07) is 39.9. The Balaban J connectivity index is 1.22. The largest absolute Gasteiger partial charge is 0.313 e. The van der Waals surface area contributed by atoms with Crippen LogP contribution >= 0.6 is 0 Å². The molecule has 0 unspecified atom stereocenters. The molecular formula is C61H55B2N5. The van der Waals surface area contributed by atoms with E-state index in [2.05, 4.69) is 188 Å². The van der Waals surface area contributed by atoms with Gasteiger partial charge in [0.05, 0.1) is 22.8 Å². The fraction of sp³-hybridized carbons (Fsp3) is 0.180. The highest BCUT2D eigenvalue weighted by Crippen LogP contribution is 2.41. The van der Waals surface area contributed by atoms with E-state index in [-0.39, 0.29) is 13.4 Å². The van der Waals surface area contributed by atoms with E-state index in [0.29, 0.717) is 0 Å². The Kier molecular flexibility index (Phi) is 10.5. The van der Waals surface area contributed by atoms with Gasteiger partial charge in [-0.15, -0.1) is 0 Å². The van der Waals surface area contributed by atoms with Crippen molar-refractivity contribution in [3.8, 4) is 45.0 Å². The summed E-state index contributed by atoms with van der Waals surface area (Å²) in [6.07, 6.45) is 7.40. The van der Waals surface area contributed by atoms with Crippen LogP contribution in [-0.4, -0.2) is 33.4 Å². The van der Waals surface area contributed by atoms with Crippen LogP contribution in [0, 0.1) is 76.2 Å². The smallest absolute Gasteiger partial charge is 0.247 e. The number of fused-ring (bicyclic) bond motifs is 4. The van der Waals surface area contributed by atoms with Gasteiger partial charge < -0.3 is 4.90 Å². The van der Waals surface area contributed by atoms with Crippen LogP contribution in [0.1, 0.15) is 61.2 Å². The van der Waals surface area contributed by atoms with Gasteiger partial charge in [-0.05, 0) is 203 Å². The predicted molar refractivity (Wildman–Crippen MR) is 288 cm³/mol. The number of hydrogen-bond acceptors (Lipinski definition) is 5. The van der Waals surface area contributed by atoms with E-state index in [4.69, 9.17) is 9.97 Å². The number of pyridine rings is 4. The van der Waals surface area contributed by atoms with Crippen molar-refractivity contribution in [3.63, 3.8) is 0 Å². The van der Waals surface area contributed by atoms with Crippen molar-refractivity contribution in [2.24, 2.45) is 0 Å². The number of aryl methyl sites for hydroxylation is 1. The van der Waals surface area contributed by atoms with Crippen molar-refractivity contribution in [1.82, 2.24) is 19.9 Å². The van der Waals surface area contributed by atoms with Gasteiger partial charge in [-0.25, -0.2) is 9.97 Å². The molecule has 0 aliphatic carbocycles. The second-order valence-corrected chi connectivity index (χ2v) is 19.4. The van der Waals surface area contributed by atoms with Crippen molar-refractivity contribution in [3.05, 3.63) is 195 Å². The first-order valence-corrected chi connectivity index (χ1v) is 23.9. The summed E-state index contributed by atoms with van der Waals surface area (Å²) in [7, 11) is 0. The Morgan fingerprint density at radius 1 is 0.353 bits per heavy atom. The zero-order valence-corrected chi connectivity index (χ0v) is 41.1. The minimum atomic E-state index is -0.0288. The van der Waals surface area contributed by atoms with Gasteiger partial charge >= 0.3 is 0 Å². The number of aromatic nitrogens is 4. The molecule has 0 spiro atoms. The first kappa shape index (κ1) is 43.2. The molecule has 2 aliphatic heterocycles. The summed E-state index contributed by atoms with van der Waals surface area (Å²) < 4.78 is 0. The van der Waals surface area contributed by atoms with E-state index in [0.717, 1.165) is 45.0 Å². The highest BCUT2D eigenvalue weighted by atomic mass is 15.2. The lowest BCUT2D eigenvalue weighted by Gasteiger charge is -2.45. The molecule has 0 radical (unpaired) electrons. The Morgan fingerprint density at radius 3 is 1.09 bits per heavy atom. The molecule has 11 rings (SSSR count). The molecule has 5 aromatic carbocycles. The van der Waals surface area contributed by atoms with Crippen LogP contribution < -0.4 is 37.7 Å². The van der Waals surface area contributed by atoms with E-state index in [9.17, 15) is 0 Å². The van der Waals surface area contributed by atoms with Gasteiger partial charge in [-0.3, -0.25) is 9.97 Å². The van der Waals surface area contributed by atoms with E-state index in [1.54, 1.807) is 0 Å². The highest BCUT2D eigenvalue weighted by Gasteiger charge is 2.45. The van der Waals surface area contributed by atoms with Gasteiger partial charge in [0.1, 0.15) is 0 Å². The molecular weight excluding hydrogens is 824 g/mol. The van der Waals surface area contributed by atoms with Crippen LogP contribution in [0.3, 0.4) is 0 Å². The van der Waals surface area contributed by atoms with Crippen LogP contribution in [0.4, 0.5) is 17.1 Å². The maximum atomic E-state index is 5.27. The number of benzene rings is 5. The summed E-state index contributed by atoms with van der Waals surface area (Å²) in [6.45, 7) is 25.5. The third-order valence-corrected chi connectivity index (χ3v) is 16.0. The first-order chi connectivity index (χ1) is 32.8. The molecule has 330 valence electrons. The Hall–Kier alpha value is -7.37. The normalized spacial score (nSPS) is 12.5. The molecule has 6 heterocycles. The van der Waals surface area contributed by atoms with Crippen LogP contribution in [0.15, 0.2) is 134 Å². The maximum absolute atomic E-state index is 5.27. The van der Waals surface area contributed by atoms with Crippen molar-refractivity contribution >= 4 is 63.3 Å². The van der Waals surface area contributed by atoms with Crippen molar-refractivity contribution in [2.45, 2.75) is 76.2 Å². The van der Waals surface area contributed by atoms with Gasteiger partial charge in [0.25, 0.3) is 0 Å². The van der Waals surface area contributed by atoms with E-state index >= 15 is 0 Å². The maximum Gasteiger partial charge on any atom is 0.247 e. The molecule has 4 aromatic heterocycles. The molecule has 0 fully saturated rings. The van der Waals surface area contributed by atoms with Crippen LogP contribution in [0.25, 0.3) is 45.0 Å². The molecule has 7 heteroatoms. The predicted octanol–water partition coefficient (Wildman–Crippen LogP) is 10.5. The Morgan fingerprint density at radius 2 is 0.721 bits per heavy atom. The average Bonchev–Trinajstić information content (AvgIpc) is 3.37. The van der Waals surface area contributed by atoms with Gasteiger partial charge in [0, 0.05) is 53.0 Å². The van der Waals surface area contributed by atoms with Crippen molar-refractivity contribution in [2.75, 3.05) is 4.90 Å². The third kappa shape index (κ3) is 6.69. The standard InChI is InChI=1S/C61H55B2N5/c1-34-28-51-61-52(29-34)63(60-43(10)39(6)36(3)40(7)44(60)11)50-31-46(54-19-13-21-56(67-54)48-17-15-27-65-33-48)23-25-58(50)68(61)57-24-22-45(53-18-12-20-55(66-53)47-16-14-26-64-32-47)30-49(57)62(51)59-41(8)37(4)35(2)38(5)42(59)9/h12-33H,1-11H3. The second-order valence-electron chi connectivity index (χ2n) is 19.4. The monoisotopic (exact) mass is 879 g/mol. The molecule has 0 atom stereocenters. The van der Waals surface area contributed by atoms with E-state index in [1.165, 1.54) is 111 Å². The molecule has 9 aromatic rings. The average molecular weight is 880 g/mol. The molecule has 0 saturated carbocycles. The first-order valence-electron chi connectivity index (χ1n) is 23.9. The molecule has 0 amide bonds. The fourth-order valence-electron chi connectivity index (χ4n) is 11.6. The highest BCUT2D eigenvalue weighted by molar-refractivity contribution is 7.02. The fourth-order valence-corrected chi connectivity index (χ4v) is 11.6. The minimum Gasteiger partial charge on any atom is -0.313 e.